The topological polar surface area (TPSA) is 80.5 Å². The van der Waals surface area contributed by atoms with Crippen LogP contribution in [-0.4, -0.2) is 20.4 Å². The third kappa shape index (κ3) is 1.20. The minimum Gasteiger partial charge on any atom is -0.380 e. The molecule has 0 spiro atoms. The first-order valence-electron chi connectivity index (χ1n) is 3.98. The highest BCUT2D eigenvalue weighted by Crippen LogP contribution is 2.24. The summed E-state index contributed by atoms with van der Waals surface area (Å²) in [7, 11) is 0. The van der Waals surface area contributed by atoms with Crippen molar-refractivity contribution < 1.29 is 4.39 Å². The van der Waals surface area contributed by atoms with E-state index in [-0.39, 0.29) is 11.5 Å². The average Bonchev–Trinajstić information content (AvgIpc) is 2.49. The molecule has 0 aromatic carbocycles. The molecular weight excluding hydrogens is 185 g/mol. The molecule has 0 aliphatic rings. The van der Waals surface area contributed by atoms with Crippen LogP contribution >= 0.6 is 0 Å². The van der Waals surface area contributed by atoms with E-state index in [1.54, 1.807) is 13.0 Å². The van der Waals surface area contributed by atoms with Crippen molar-refractivity contribution in [3.63, 3.8) is 0 Å². The lowest BCUT2D eigenvalue weighted by molar-refractivity contribution is 0.636. The smallest absolute Gasteiger partial charge is 0.192 e. The largest absolute Gasteiger partial charge is 0.380 e. The van der Waals surface area contributed by atoms with Crippen molar-refractivity contribution in [2.45, 2.75) is 6.92 Å². The van der Waals surface area contributed by atoms with Gasteiger partial charge in [0.05, 0.1) is 11.9 Å². The molecule has 0 amide bonds. The van der Waals surface area contributed by atoms with Gasteiger partial charge in [-0.3, -0.25) is 5.10 Å². The van der Waals surface area contributed by atoms with Gasteiger partial charge in [0.2, 0.25) is 0 Å². The summed E-state index contributed by atoms with van der Waals surface area (Å²) in [6.07, 6.45) is 1.48. The van der Waals surface area contributed by atoms with Crippen molar-refractivity contribution in [3.8, 4) is 11.3 Å². The number of H-pyrrole nitrogens is 1. The molecule has 2 heterocycles. The van der Waals surface area contributed by atoms with E-state index in [9.17, 15) is 4.39 Å². The molecule has 2 rings (SSSR count). The number of aromatic amines is 1. The number of halogens is 1. The maximum absolute atomic E-state index is 13.4. The maximum atomic E-state index is 13.4. The first-order valence-corrected chi connectivity index (χ1v) is 3.98. The molecule has 0 bridgehead atoms. The Morgan fingerprint density at radius 2 is 2.29 bits per heavy atom. The Hall–Kier alpha value is -1.98. The van der Waals surface area contributed by atoms with E-state index in [0.717, 1.165) is 0 Å². The molecule has 0 unspecified atom stereocenters. The van der Waals surface area contributed by atoms with Crippen LogP contribution in [0.1, 0.15) is 5.69 Å². The third-order valence-electron chi connectivity index (χ3n) is 1.91. The maximum Gasteiger partial charge on any atom is 0.192 e. The van der Waals surface area contributed by atoms with Crippen LogP contribution in [0, 0.1) is 12.7 Å². The summed E-state index contributed by atoms with van der Waals surface area (Å²) >= 11 is 0. The molecule has 0 atom stereocenters. The molecule has 72 valence electrons. The molecule has 0 saturated carbocycles. The van der Waals surface area contributed by atoms with Crippen LogP contribution in [-0.2, 0) is 0 Å². The molecule has 0 radical (unpaired) electrons. The summed E-state index contributed by atoms with van der Waals surface area (Å²) in [6.45, 7) is 1.73. The number of aromatic nitrogens is 4. The molecular formula is C8H8FN5. The Morgan fingerprint density at radius 1 is 1.50 bits per heavy atom. The number of aryl methyl sites for hydroxylation is 1. The van der Waals surface area contributed by atoms with Crippen LogP contribution in [0.2, 0.25) is 0 Å². The monoisotopic (exact) mass is 193 g/mol. The van der Waals surface area contributed by atoms with Gasteiger partial charge < -0.3 is 5.73 Å². The van der Waals surface area contributed by atoms with Crippen molar-refractivity contribution >= 4 is 5.82 Å². The van der Waals surface area contributed by atoms with Gasteiger partial charge in [-0.2, -0.15) is 15.3 Å². The van der Waals surface area contributed by atoms with Crippen molar-refractivity contribution in [2.24, 2.45) is 0 Å². The van der Waals surface area contributed by atoms with Crippen molar-refractivity contribution in [2.75, 3.05) is 5.73 Å². The van der Waals surface area contributed by atoms with E-state index in [1.807, 2.05) is 0 Å². The predicted molar refractivity (Wildman–Crippen MR) is 48.7 cm³/mol. The first kappa shape index (κ1) is 8.61. The third-order valence-corrected chi connectivity index (χ3v) is 1.91. The first-order chi connectivity index (χ1) is 6.70. The van der Waals surface area contributed by atoms with Gasteiger partial charge >= 0.3 is 0 Å². The van der Waals surface area contributed by atoms with Crippen LogP contribution < -0.4 is 5.73 Å². The van der Waals surface area contributed by atoms with Gasteiger partial charge in [0, 0.05) is 5.56 Å². The Kier molecular flexibility index (Phi) is 1.88. The summed E-state index contributed by atoms with van der Waals surface area (Å²) in [5.74, 6) is -0.697. The molecule has 6 heteroatoms. The molecule has 5 nitrogen and oxygen atoms in total. The van der Waals surface area contributed by atoms with E-state index < -0.39 is 5.82 Å². The molecule has 14 heavy (non-hydrogen) atoms. The van der Waals surface area contributed by atoms with Gasteiger partial charge in [0.1, 0.15) is 5.69 Å². The van der Waals surface area contributed by atoms with E-state index >= 15 is 0 Å². The molecule has 2 aromatic heterocycles. The lowest BCUT2D eigenvalue weighted by Gasteiger charge is -1.99. The fourth-order valence-corrected chi connectivity index (χ4v) is 1.19. The normalized spacial score (nSPS) is 10.4. The highest BCUT2D eigenvalue weighted by Gasteiger charge is 2.14. The van der Waals surface area contributed by atoms with E-state index in [2.05, 4.69) is 20.4 Å². The summed E-state index contributed by atoms with van der Waals surface area (Å²) < 4.78 is 13.4. The average molecular weight is 193 g/mol. The van der Waals surface area contributed by atoms with Crippen LogP contribution in [0.4, 0.5) is 10.2 Å². The predicted octanol–water partition coefficient (Wildman–Crippen LogP) is 0.896. The molecule has 0 aliphatic heterocycles. The van der Waals surface area contributed by atoms with Gasteiger partial charge in [0.25, 0.3) is 0 Å². The lowest BCUT2D eigenvalue weighted by atomic mass is 10.1. The molecule has 0 aliphatic carbocycles. The quantitative estimate of drug-likeness (QED) is 0.705. The van der Waals surface area contributed by atoms with Crippen molar-refractivity contribution in [1.82, 2.24) is 20.4 Å². The summed E-state index contributed by atoms with van der Waals surface area (Å²) in [4.78, 5) is 0. The van der Waals surface area contributed by atoms with Crippen molar-refractivity contribution in [1.29, 1.82) is 0 Å². The van der Waals surface area contributed by atoms with Crippen LogP contribution in [0.25, 0.3) is 11.3 Å². The Labute approximate surface area is 79.2 Å². The number of rotatable bonds is 1. The van der Waals surface area contributed by atoms with Crippen molar-refractivity contribution in [3.05, 3.63) is 23.8 Å². The van der Waals surface area contributed by atoms with E-state index in [0.29, 0.717) is 11.3 Å². The highest BCUT2D eigenvalue weighted by molar-refractivity contribution is 5.64. The summed E-state index contributed by atoms with van der Waals surface area (Å²) in [5.41, 5.74) is 6.75. The number of nitrogens with one attached hydrogen (secondary N) is 1. The zero-order chi connectivity index (χ0) is 10.1. The Bertz CT molecular complexity index is 465. The number of anilines is 1. The summed E-state index contributed by atoms with van der Waals surface area (Å²) in [5, 5.41) is 13.5. The van der Waals surface area contributed by atoms with Gasteiger partial charge in [-0.05, 0) is 13.0 Å². The van der Waals surface area contributed by atoms with Crippen LogP contribution in [0.3, 0.4) is 0 Å². The minimum absolute atomic E-state index is 0.142. The Morgan fingerprint density at radius 3 is 2.86 bits per heavy atom. The highest BCUT2D eigenvalue weighted by atomic mass is 19.1. The second-order valence-electron chi connectivity index (χ2n) is 2.83. The van der Waals surface area contributed by atoms with Gasteiger partial charge in [-0.25, -0.2) is 4.39 Å². The van der Waals surface area contributed by atoms with E-state index in [1.165, 1.54) is 6.20 Å². The van der Waals surface area contributed by atoms with Gasteiger partial charge in [0.15, 0.2) is 11.6 Å². The Balaban J connectivity index is 2.60. The zero-order valence-electron chi connectivity index (χ0n) is 7.45. The molecule has 0 saturated heterocycles. The summed E-state index contributed by atoms with van der Waals surface area (Å²) in [6, 6.07) is 1.65. The molecule has 3 N–H and O–H groups in total. The number of nitrogens with zero attached hydrogens (tertiary/aromatic N) is 3. The van der Waals surface area contributed by atoms with Crippen LogP contribution in [0.5, 0.6) is 0 Å². The number of hydrogen-bond donors (Lipinski definition) is 2. The SMILES string of the molecule is Cc1nnccc1-c1[nH]nc(N)c1F. The number of nitrogen functional groups attached to an aromatic ring is 1. The zero-order valence-corrected chi connectivity index (χ0v) is 7.45. The fraction of sp³-hybridized carbons (Fsp3) is 0.125. The van der Waals surface area contributed by atoms with E-state index in [4.69, 9.17) is 5.73 Å². The number of hydrogen-bond acceptors (Lipinski definition) is 4. The lowest BCUT2D eigenvalue weighted by Crippen LogP contribution is -1.92. The minimum atomic E-state index is -0.555. The second-order valence-corrected chi connectivity index (χ2v) is 2.83. The second kappa shape index (κ2) is 3.06. The van der Waals surface area contributed by atoms with Crippen LogP contribution in [0.15, 0.2) is 12.3 Å². The standard InChI is InChI=1S/C8H8FN5/c1-4-5(2-3-11-12-4)7-6(9)8(10)14-13-7/h2-3H,1H3,(H3,10,13,14). The molecule has 0 fully saturated rings. The number of nitrogens with two attached hydrogens (primary N) is 1. The fourth-order valence-electron chi connectivity index (χ4n) is 1.19. The molecule has 2 aromatic rings. The van der Waals surface area contributed by atoms with Gasteiger partial charge in [-0.15, -0.1) is 0 Å². The van der Waals surface area contributed by atoms with Gasteiger partial charge in [-0.1, -0.05) is 0 Å².